The molecule has 3 heterocycles. The zero-order chi connectivity index (χ0) is 25.9. The average Bonchev–Trinajstić information content (AvgIpc) is 3.65. The van der Waals surface area contributed by atoms with Gasteiger partial charge in [0.1, 0.15) is 23.3 Å². The number of rotatable bonds is 7. The molecule has 192 valence electrons. The van der Waals surface area contributed by atoms with Crippen LogP contribution in [0.2, 0.25) is 10.0 Å². The minimum Gasteiger partial charge on any atom is -0.477 e. The van der Waals surface area contributed by atoms with E-state index in [1.54, 1.807) is 30.7 Å². The Kier molecular flexibility index (Phi) is 7.39. The molecule has 0 N–H and O–H groups in total. The Hall–Kier alpha value is -3.49. The Morgan fingerprint density at radius 2 is 2.00 bits per heavy atom. The number of amides is 1. The number of furan rings is 2. The highest BCUT2D eigenvalue weighted by atomic mass is 35.5. The Balaban J connectivity index is 1.31. The van der Waals surface area contributed by atoms with Gasteiger partial charge in [-0.1, -0.05) is 23.2 Å². The van der Waals surface area contributed by atoms with Gasteiger partial charge in [-0.15, -0.1) is 0 Å². The smallest absolute Gasteiger partial charge is 0.347 e. The first-order chi connectivity index (χ1) is 17.9. The number of hydrogen-bond acceptors (Lipinski definition) is 7. The summed E-state index contributed by atoms with van der Waals surface area (Å²) in [6.45, 7) is 1.01. The molecule has 1 aliphatic carbocycles. The first-order valence-electron chi connectivity index (χ1n) is 11.9. The maximum atomic E-state index is 13.3. The van der Waals surface area contributed by atoms with Crippen molar-refractivity contribution < 1.29 is 27.9 Å². The van der Waals surface area contributed by atoms with E-state index in [9.17, 15) is 9.59 Å². The Labute approximate surface area is 223 Å². The molecule has 1 aliphatic heterocycles. The molecular weight excluding hydrogens is 519 g/mol. The van der Waals surface area contributed by atoms with Crippen molar-refractivity contribution >= 4 is 46.9 Å². The third-order valence-corrected chi connectivity index (χ3v) is 6.85. The van der Waals surface area contributed by atoms with E-state index in [1.165, 1.54) is 18.0 Å². The van der Waals surface area contributed by atoms with Gasteiger partial charge in [0.15, 0.2) is 12.7 Å². The van der Waals surface area contributed by atoms with Gasteiger partial charge in [-0.05, 0) is 80.3 Å². The minimum atomic E-state index is -0.998. The summed E-state index contributed by atoms with van der Waals surface area (Å²) in [6.07, 6.45) is 6.74. The Bertz CT molecular complexity index is 1330. The summed E-state index contributed by atoms with van der Waals surface area (Å²) >= 11 is 12.0. The SMILES string of the molecule is CC(Oc1ccc(Cl)cc1Cl)C(=O)OCC(=O)N1N=C2C(=Cc3ccco3)CCCC2C1c1ccco1. The van der Waals surface area contributed by atoms with Crippen molar-refractivity contribution in [1.29, 1.82) is 0 Å². The van der Waals surface area contributed by atoms with Crippen LogP contribution >= 0.6 is 23.2 Å². The minimum absolute atomic E-state index is 0.0462. The van der Waals surface area contributed by atoms with Gasteiger partial charge >= 0.3 is 5.97 Å². The fourth-order valence-electron chi connectivity index (χ4n) is 4.62. The standard InChI is InChI=1S/C27H24Cl2N2O6/c1-16(37-22-10-9-18(28)14-21(22)29)27(33)36-15-24(32)31-26(23-8-4-12-35-23)20-7-2-5-17(25(20)30-31)13-19-6-3-11-34-19/h3-4,6,8-14,16,20,26H,2,5,7,15H2,1H3. The Morgan fingerprint density at radius 3 is 2.73 bits per heavy atom. The average molecular weight is 543 g/mol. The Morgan fingerprint density at radius 1 is 1.19 bits per heavy atom. The highest BCUT2D eigenvalue weighted by molar-refractivity contribution is 6.35. The lowest BCUT2D eigenvalue weighted by Crippen LogP contribution is -2.36. The third kappa shape index (κ3) is 5.45. The summed E-state index contributed by atoms with van der Waals surface area (Å²) in [6, 6.07) is 11.5. The summed E-state index contributed by atoms with van der Waals surface area (Å²) in [5, 5.41) is 6.77. The van der Waals surface area contributed by atoms with Crippen molar-refractivity contribution in [2.24, 2.45) is 11.0 Å². The molecule has 2 aromatic heterocycles. The van der Waals surface area contributed by atoms with Gasteiger partial charge in [0, 0.05) is 10.9 Å². The highest BCUT2D eigenvalue weighted by Gasteiger charge is 2.45. The molecule has 0 radical (unpaired) electrons. The molecule has 3 unspecified atom stereocenters. The molecule has 10 heteroatoms. The van der Waals surface area contributed by atoms with E-state index in [0.717, 1.165) is 36.3 Å². The third-order valence-electron chi connectivity index (χ3n) is 6.32. The predicted molar refractivity (Wildman–Crippen MR) is 137 cm³/mol. The van der Waals surface area contributed by atoms with Gasteiger partial charge in [0.05, 0.1) is 23.3 Å². The van der Waals surface area contributed by atoms with E-state index in [4.69, 9.17) is 46.6 Å². The number of benzene rings is 1. The molecule has 1 amide bonds. The fraction of sp³-hybridized carbons (Fsp3) is 0.296. The number of hydrogen-bond donors (Lipinski definition) is 0. The topological polar surface area (TPSA) is 94.5 Å². The van der Waals surface area contributed by atoms with Crippen LogP contribution in [0.1, 0.15) is 43.7 Å². The lowest BCUT2D eigenvalue weighted by molar-refractivity contribution is -0.158. The van der Waals surface area contributed by atoms with Crippen LogP contribution in [0.25, 0.3) is 6.08 Å². The van der Waals surface area contributed by atoms with Crippen molar-refractivity contribution in [2.75, 3.05) is 6.61 Å². The second kappa shape index (κ2) is 10.9. The summed E-state index contributed by atoms with van der Waals surface area (Å²) in [7, 11) is 0. The number of allylic oxidation sites excluding steroid dienone is 1. The summed E-state index contributed by atoms with van der Waals surface area (Å²) in [5.74, 6) is 0.404. The molecule has 5 rings (SSSR count). The molecule has 3 aromatic rings. The number of fused-ring (bicyclic) bond motifs is 1. The number of ether oxygens (including phenoxy) is 2. The van der Waals surface area contributed by atoms with Crippen LogP contribution in [-0.2, 0) is 14.3 Å². The van der Waals surface area contributed by atoms with E-state index in [2.05, 4.69) is 0 Å². The maximum absolute atomic E-state index is 13.3. The molecule has 0 bridgehead atoms. The molecule has 3 atom stereocenters. The molecule has 8 nitrogen and oxygen atoms in total. The van der Waals surface area contributed by atoms with Crippen molar-refractivity contribution in [3.63, 3.8) is 0 Å². The van der Waals surface area contributed by atoms with E-state index in [1.807, 2.05) is 24.3 Å². The zero-order valence-electron chi connectivity index (χ0n) is 19.9. The zero-order valence-corrected chi connectivity index (χ0v) is 21.4. The predicted octanol–water partition coefficient (Wildman–Crippen LogP) is 6.31. The molecule has 2 aliphatic rings. The molecule has 1 fully saturated rings. The van der Waals surface area contributed by atoms with Crippen LogP contribution < -0.4 is 4.74 Å². The molecule has 0 spiro atoms. The van der Waals surface area contributed by atoms with E-state index in [0.29, 0.717) is 10.8 Å². The van der Waals surface area contributed by atoms with Crippen molar-refractivity contribution in [3.05, 3.63) is 82.1 Å². The van der Waals surface area contributed by atoms with Gasteiger partial charge in [-0.3, -0.25) is 4.79 Å². The van der Waals surface area contributed by atoms with Crippen LogP contribution in [0.4, 0.5) is 0 Å². The first-order valence-corrected chi connectivity index (χ1v) is 12.6. The second-order valence-electron chi connectivity index (χ2n) is 8.81. The van der Waals surface area contributed by atoms with Crippen LogP contribution in [-0.4, -0.2) is 35.3 Å². The molecule has 1 aromatic carbocycles. The molecule has 37 heavy (non-hydrogen) atoms. The molecule has 1 saturated carbocycles. The summed E-state index contributed by atoms with van der Waals surface area (Å²) < 4.78 is 22.1. The van der Waals surface area contributed by atoms with Gasteiger partial charge in [0.2, 0.25) is 0 Å². The molecule has 0 saturated heterocycles. The summed E-state index contributed by atoms with van der Waals surface area (Å²) in [4.78, 5) is 25.9. The second-order valence-corrected chi connectivity index (χ2v) is 9.65. The van der Waals surface area contributed by atoms with E-state index >= 15 is 0 Å². The number of halogens is 2. The van der Waals surface area contributed by atoms with Crippen molar-refractivity contribution in [3.8, 4) is 5.75 Å². The van der Waals surface area contributed by atoms with Crippen molar-refractivity contribution in [2.45, 2.75) is 38.3 Å². The lowest BCUT2D eigenvalue weighted by atomic mass is 9.79. The number of carbonyl (C=O) groups is 2. The van der Waals surface area contributed by atoms with Gasteiger partial charge < -0.3 is 18.3 Å². The van der Waals surface area contributed by atoms with Crippen LogP contribution in [0.3, 0.4) is 0 Å². The highest BCUT2D eigenvalue weighted by Crippen LogP contribution is 2.44. The first kappa shape index (κ1) is 25.2. The number of nitrogens with zero attached hydrogens (tertiary/aromatic N) is 2. The lowest BCUT2D eigenvalue weighted by Gasteiger charge is -2.27. The van der Waals surface area contributed by atoms with E-state index in [-0.39, 0.29) is 16.7 Å². The normalized spacial score (nSPS) is 20.9. The van der Waals surface area contributed by atoms with Crippen LogP contribution in [0.5, 0.6) is 5.75 Å². The molecular formula is C27H24Cl2N2O6. The van der Waals surface area contributed by atoms with Crippen molar-refractivity contribution in [1.82, 2.24) is 5.01 Å². The van der Waals surface area contributed by atoms with Crippen LogP contribution in [0, 0.1) is 5.92 Å². The number of carbonyl (C=O) groups excluding carboxylic acids is 2. The fourth-order valence-corrected chi connectivity index (χ4v) is 5.07. The monoisotopic (exact) mass is 542 g/mol. The number of esters is 1. The number of hydrazone groups is 1. The quantitative estimate of drug-likeness (QED) is 0.324. The summed E-state index contributed by atoms with van der Waals surface area (Å²) in [5.41, 5.74) is 1.83. The maximum Gasteiger partial charge on any atom is 0.347 e. The van der Waals surface area contributed by atoms with Gasteiger partial charge in [-0.2, -0.15) is 5.10 Å². The van der Waals surface area contributed by atoms with Gasteiger partial charge in [0.25, 0.3) is 5.91 Å². The van der Waals surface area contributed by atoms with E-state index < -0.39 is 30.6 Å². The largest absolute Gasteiger partial charge is 0.477 e. The van der Waals surface area contributed by atoms with Crippen LogP contribution in [0.15, 0.2) is 74.5 Å². The van der Waals surface area contributed by atoms with Gasteiger partial charge in [-0.25, -0.2) is 9.80 Å².